The van der Waals surface area contributed by atoms with E-state index >= 15 is 0 Å². The van der Waals surface area contributed by atoms with E-state index in [1.165, 1.54) is 4.88 Å². The number of hydrogen-bond acceptors (Lipinski definition) is 6. The average Bonchev–Trinajstić information content (AvgIpc) is 3.60. The minimum Gasteiger partial charge on any atom is -0.353 e. The maximum Gasteiger partial charge on any atom is 0.238 e. The number of thiophene rings is 1. The molecule has 5 aromatic heterocycles. The zero-order valence-electron chi connectivity index (χ0n) is 20.7. The molecule has 6 rings (SSSR count). The number of anilines is 1. The number of H-pyrrole nitrogens is 2. The lowest BCUT2D eigenvalue weighted by atomic mass is 10.0. The molecule has 184 valence electrons. The predicted molar refractivity (Wildman–Crippen MR) is 150 cm³/mol. The van der Waals surface area contributed by atoms with E-state index in [4.69, 9.17) is 0 Å². The van der Waals surface area contributed by atoms with Gasteiger partial charge in [0.05, 0.1) is 40.2 Å². The molecule has 9 heteroatoms. The molecule has 0 spiro atoms. The van der Waals surface area contributed by atoms with Crippen LogP contribution >= 0.6 is 11.3 Å². The van der Waals surface area contributed by atoms with Crippen LogP contribution in [0.25, 0.3) is 54.9 Å². The van der Waals surface area contributed by atoms with Gasteiger partial charge in [-0.05, 0) is 69.0 Å². The van der Waals surface area contributed by atoms with Crippen LogP contribution in [0.5, 0.6) is 0 Å². The SMILES string of the molecule is Cc1ccc(-c2nccc3[nH]c(-c4n[nH]c5ccc(-c6cncc(NC(=O)CN(C)C)c6)cc45)cc23)s1. The highest BCUT2D eigenvalue weighted by Crippen LogP contribution is 2.36. The molecule has 0 aliphatic rings. The third kappa shape index (κ3) is 4.50. The number of pyridine rings is 2. The van der Waals surface area contributed by atoms with E-state index in [1.807, 2.05) is 49.5 Å². The highest BCUT2D eigenvalue weighted by molar-refractivity contribution is 7.15. The summed E-state index contributed by atoms with van der Waals surface area (Å²) in [7, 11) is 3.72. The minimum absolute atomic E-state index is 0.0816. The number of nitrogens with zero attached hydrogens (tertiary/aromatic N) is 4. The first-order chi connectivity index (χ1) is 17.9. The Morgan fingerprint density at radius 2 is 1.84 bits per heavy atom. The number of aromatic nitrogens is 5. The van der Waals surface area contributed by atoms with Gasteiger partial charge in [-0.15, -0.1) is 11.3 Å². The van der Waals surface area contributed by atoms with Gasteiger partial charge in [-0.1, -0.05) is 6.07 Å². The van der Waals surface area contributed by atoms with Gasteiger partial charge in [-0.2, -0.15) is 5.10 Å². The summed E-state index contributed by atoms with van der Waals surface area (Å²) in [5, 5.41) is 12.8. The van der Waals surface area contributed by atoms with E-state index in [-0.39, 0.29) is 5.91 Å². The Kier molecular flexibility index (Phi) is 5.78. The zero-order chi connectivity index (χ0) is 25.5. The monoisotopic (exact) mass is 507 g/mol. The molecule has 1 amide bonds. The third-order valence-electron chi connectivity index (χ3n) is 6.16. The Morgan fingerprint density at radius 1 is 0.973 bits per heavy atom. The van der Waals surface area contributed by atoms with E-state index in [9.17, 15) is 4.79 Å². The number of rotatable bonds is 6. The number of fused-ring (bicyclic) bond motifs is 2. The number of carbonyl (C=O) groups excluding carboxylic acids is 1. The second-order valence-electron chi connectivity index (χ2n) is 9.29. The molecule has 6 aromatic rings. The van der Waals surface area contributed by atoms with Gasteiger partial charge < -0.3 is 15.2 Å². The summed E-state index contributed by atoms with van der Waals surface area (Å²) in [5.74, 6) is -0.0816. The first-order valence-corrected chi connectivity index (χ1v) is 12.7. The summed E-state index contributed by atoms with van der Waals surface area (Å²) in [5.41, 5.74) is 7.24. The average molecular weight is 508 g/mol. The molecule has 0 saturated heterocycles. The van der Waals surface area contributed by atoms with Crippen molar-refractivity contribution in [1.82, 2.24) is 30.0 Å². The predicted octanol–water partition coefficient (Wildman–Crippen LogP) is 5.71. The lowest BCUT2D eigenvalue weighted by Gasteiger charge is -2.11. The van der Waals surface area contributed by atoms with Gasteiger partial charge in [-0.25, -0.2) is 0 Å². The van der Waals surface area contributed by atoms with Gasteiger partial charge in [-0.3, -0.25) is 19.9 Å². The van der Waals surface area contributed by atoms with Crippen molar-refractivity contribution in [1.29, 1.82) is 0 Å². The van der Waals surface area contributed by atoms with Crippen molar-refractivity contribution in [3.8, 4) is 33.1 Å². The number of nitrogens with one attached hydrogen (secondary N) is 3. The van der Waals surface area contributed by atoms with E-state index in [2.05, 4.69) is 61.7 Å². The lowest BCUT2D eigenvalue weighted by Crippen LogP contribution is -2.27. The quantitative estimate of drug-likeness (QED) is 0.268. The third-order valence-corrected chi connectivity index (χ3v) is 7.16. The Balaban J connectivity index is 1.38. The van der Waals surface area contributed by atoms with Crippen LogP contribution in [0.3, 0.4) is 0 Å². The molecule has 3 N–H and O–H groups in total. The minimum atomic E-state index is -0.0816. The number of likely N-dealkylation sites (N-methyl/N-ethyl adjacent to an activating group) is 1. The van der Waals surface area contributed by atoms with Crippen LogP contribution in [0.4, 0.5) is 5.69 Å². The van der Waals surface area contributed by atoms with Gasteiger partial charge in [0.15, 0.2) is 0 Å². The summed E-state index contributed by atoms with van der Waals surface area (Å²) in [6.07, 6.45) is 5.29. The Labute approximate surface area is 217 Å². The Morgan fingerprint density at radius 3 is 2.65 bits per heavy atom. The van der Waals surface area contributed by atoms with Crippen LogP contribution in [0, 0.1) is 6.92 Å². The zero-order valence-corrected chi connectivity index (χ0v) is 21.5. The fourth-order valence-corrected chi connectivity index (χ4v) is 5.37. The number of carbonyl (C=O) groups is 1. The van der Waals surface area contributed by atoms with Crippen molar-refractivity contribution < 1.29 is 4.79 Å². The van der Waals surface area contributed by atoms with Crippen LogP contribution in [-0.4, -0.2) is 56.6 Å². The van der Waals surface area contributed by atoms with Gasteiger partial charge in [0.1, 0.15) is 5.69 Å². The van der Waals surface area contributed by atoms with E-state index in [0.717, 1.165) is 54.9 Å². The van der Waals surface area contributed by atoms with Crippen LogP contribution in [0.1, 0.15) is 4.88 Å². The topological polar surface area (TPSA) is 103 Å². The number of benzene rings is 1. The van der Waals surface area contributed by atoms with Crippen molar-refractivity contribution in [2.24, 2.45) is 0 Å². The molecule has 8 nitrogen and oxygen atoms in total. The lowest BCUT2D eigenvalue weighted by molar-refractivity contribution is -0.116. The Bertz CT molecular complexity index is 1760. The van der Waals surface area contributed by atoms with Crippen molar-refractivity contribution in [2.75, 3.05) is 26.0 Å². The molecule has 37 heavy (non-hydrogen) atoms. The molecule has 0 aliphatic heterocycles. The molecular formula is C28H25N7OS. The standard InChI is InChI=1S/C28H25N7OS/c1-16-4-7-25(37-16)28-21-12-24(32-22(21)8-9-30-28)27-20-11-17(5-6-23(20)33-34-27)18-10-19(14-29-13-18)31-26(36)15-35(2)3/h4-14,32H,15H2,1-3H3,(H,31,36)(H,33,34). The molecule has 0 bridgehead atoms. The maximum absolute atomic E-state index is 12.2. The molecule has 0 saturated carbocycles. The van der Waals surface area contributed by atoms with Gasteiger partial charge in [0.25, 0.3) is 0 Å². The largest absolute Gasteiger partial charge is 0.353 e. The summed E-state index contributed by atoms with van der Waals surface area (Å²) < 4.78 is 0. The summed E-state index contributed by atoms with van der Waals surface area (Å²) >= 11 is 1.74. The molecule has 0 radical (unpaired) electrons. The van der Waals surface area contributed by atoms with E-state index < -0.39 is 0 Å². The van der Waals surface area contributed by atoms with Crippen molar-refractivity contribution in [2.45, 2.75) is 6.92 Å². The van der Waals surface area contributed by atoms with Crippen LogP contribution < -0.4 is 5.32 Å². The Hall–Kier alpha value is -4.34. The van der Waals surface area contributed by atoms with E-state index in [1.54, 1.807) is 23.7 Å². The molecule has 0 fully saturated rings. The molecular weight excluding hydrogens is 482 g/mol. The normalized spacial score (nSPS) is 11.6. The molecule has 0 aliphatic carbocycles. The maximum atomic E-state index is 12.2. The van der Waals surface area contributed by atoms with Crippen LogP contribution in [0.15, 0.2) is 67.1 Å². The van der Waals surface area contributed by atoms with Crippen LogP contribution in [0.2, 0.25) is 0 Å². The molecule has 5 heterocycles. The van der Waals surface area contributed by atoms with Gasteiger partial charge >= 0.3 is 0 Å². The second-order valence-corrected chi connectivity index (χ2v) is 10.6. The fourth-order valence-electron chi connectivity index (χ4n) is 4.49. The summed E-state index contributed by atoms with van der Waals surface area (Å²) in [6, 6.07) is 16.4. The first kappa shape index (κ1) is 23.1. The highest BCUT2D eigenvalue weighted by Gasteiger charge is 2.16. The van der Waals surface area contributed by atoms with E-state index in [0.29, 0.717) is 12.2 Å². The summed E-state index contributed by atoms with van der Waals surface area (Å²) in [4.78, 5) is 29.0. The molecule has 1 aromatic carbocycles. The van der Waals surface area contributed by atoms with Gasteiger partial charge in [0.2, 0.25) is 5.91 Å². The smallest absolute Gasteiger partial charge is 0.238 e. The molecule has 0 unspecified atom stereocenters. The summed E-state index contributed by atoms with van der Waals surface area (Å²) in [6.45, 7) is 2.41. The fraction of sp³-hybridized carbons (Fsp3) is 0.143. The van der Waals surface area contributed by atoms with Crippen LogP contribution in [-0.2, 0) is 4.79 Å². The number of hydrogen-bond donors (Lipinski definition) is 3. The number of aromatic amines is 2. The number of aryl methyl sites for hydroxylation is 1. The molecule has 0 atom stereocenters. The highest BCUT2D eigenvalue weighted by atomic mass is 32.1. The number of amides is 1. The van der Waals surface area contributed by atoms with Crippen molar-refractivity contribution in [3.63, 3.8) is 0 Å². The first-order valence-electron chi connectivity index (χ1n) is 11.9. The second kappa shape index (κ2) is 9.27. The van der Waals surface area contributed by atoms with Crippen molar-refractivity contribution >= 4 is 44.7 Å². The van der Waals surface area contributed by atoms with Crippen molar-refractivity contribution in [3.05, 3.63) is 72.0 Å². The van der Waals surface area contributed by atoms with Gasteiger partial charge in [0, 0.05) is 39.1 Å².